The van der Waals surface area contributed by atoms with Gasteiger partial charge in [0.15, 0.2) is 0 Å². The van der Waals surface area contributed by atoms with Crippen LogP contribution in [-0.4, -0.2) is 19.4 Å². The van der Waals surface area contributed by atoms with E-state index in [1.165, 1.54) is 16.3 Å². The van der Waals surface area contributed by atoms with Crippen molar-refractivity contribution in [1.29, 1.82) is 0 Å². The minimum atomic E-state index is 0.872. The predicted molar refractivity (Wildman–Crippen MR) is 117 cm³/mol. The van der Waals surface area contributed by atoms with Crippen molar-refractivity contribution >= 4 is 49.3 Å². The fourth-order valence-corrected chi connectivity index (χ4v) is 4.50. The topological polar surface area (TPSA) is 43.1 Å². The van der Waals surface area contributed by atoms with Crippen LogP contribution < -0.4 is 0 Å². The second-order valence-electron chi connectivity index (χ2n) is 7.37. The van der Waals surface area contributed by atoms with Crippen molar-refractivity contribution < 1.29 is 0 Å². The fourth-order valence-electron chi connectivity index (χ4n) is 4.50. The molecule has 0 spiro atoms. The highest BCUT2D eigenvalue weighted by atomic mass is 15.0. The molecular formula is C25H14N4. The summed E-state index contributed by atoms with van der Waals surface area (Å²) in [6, 6.07) is 27.2. The molecule has 0 unspecified atom stereocenters. The van der Waals surface area contributed by atoms with Crippen LogP contribution >= 0.6 is 0 Å². The number of benzene rings is 2. The first-order valence-electron chi connectivity index (χ1n) is 9.65. The molecule has 0 atom stereocenters. The monoisotopic (exact) mass is 370 g/mol. The van der Waals surface area contributed by atoms with Crippen molar-refractivity contribution in [3.8, 4) is 11.4 Å². The van der Waals surface area contributed by atoms with E-state index in [2.05, 4.69) is 82.2 Å². The van der Waals surface area contributed by atoms with Crippen LogP contribution in [0.25, 0.3) is 60.6 Å². The third-order valence-electron chi connectivity index (χ3n) is 5.78. The van der Waals surface area contributed by atoms with Crippen molar-refractivity contribution in [1.82, 2.24) is 19.4 Å². The molecule has 0 saturated heterocycles. The average molecular weight is 370 g/mol. The number of fused-ring (bicyclic) bond motifs is 6. The first-order chi connectivity index (χ1) is 14.4. The number of rotatable bonds is 1. The summed E-state index contributed by atoms with van der Waals surface area (Å²) in [6.07, 6.45) is 1.82. The Labute approximate surface area is 165 Å². The van der Waals surface area contributed by atoms with E-state index in [4.69, 9.17) is 9.97 Å². The third kappa shape index (κ3) is 1.90. The molecule has 4 heteroatoms. The summed E-state index contributed by atoms with van der Waals surface area (Å²) in [5.74, 6) is 0. The maximum Gasteiger partial charge on any atom is 0.138 e. The Balaban J connectivity index is 1.63. The molecule has 0 aliphatic rings. The van der Waals surface area contributed by atoms with Crippen LogP contribution in [0.4, 0.5) is 0 Å². The molecule has 0 amide bonds. The Morgan fingerprint density at radius 1 is 0.621 bits per heavy atom. The molecule has 0 radical (unpaired) electrons. The zero-order valence-corrected chi connectivity index (χ0v) is 15.4. The molecule has 134 valence electrons. The van der Waals surface area contributed by atoms with E-state index < -0.39 is 0 Å². The molecule has 0 aliphatic heterocycles. The van der Waals surface area contributed by atoms with Gasteiger partial charge in [-0.1, -0.05) is 54.6 Å². The lowest BCUT2D eigenvalue weighted by Crippen LogP contribution is -1.89. The van der Waals surface area contributed by atoms with E-state index in [1.807, 2.05) is 12.3 Å². The highest BCUT2D eigenvalue weighted by molar-refractivity contribution is 6.14. The van der Waals surface area contributed by atoms with Gasteiger partial charge in [0.2, 0.25) is 0 Å². The van der Waals surface area contributed by atoms with Crippen LogP contribution in [0, 0.1) is 0 Å². The second kappa shape index (κ2) is 5.26. The van der Waals surface area contributed by atoms with Crippen molar-refractivity contribution in [2.45, 2.75) is 0 Å². The molecule has 7 aromatic rings. The van der Waals surface area contributed by atoms with Crippen LogP contribution in [-0.2, 0) is 0 Å². The van der Waals surface area contributed by atoms with Gasteiger partial charge in [-0.3, -0.25) is 9.38 Å². The number of hydrogen-bond donors (Lipinski definition) is 0. The lowest BCUT2D eigenvalue weighted by molar-refractivity contribution is 1.30. The number of hydrogen-bond acceptors (Lipinski definition) is 3. The molecule has 0 bridgehead atoms. The summed E-state index contributed by atoms with van der Waals surface area (Å²) in [5.41, 5.74) is 6.87. The zero-order chi connectivity index (χ0) is 18.9. The standard InChI is InChI=1S/C25H14N4/c1-2-7-18-17(6-1)20-8-3-9-21-28-24(25(18)29(20)21)19-13-12-16-11-10-15-5-4-14-26-22(15)23(16)27-19/h1-14H. The largest absolute Gasteiger partial charge is 0.291 e. The van der Waals surface area contributed by atoms with Crippen molar-refractivity contribution in [2.75, 3.05) is 0 Å². The normalized spacial score (nSPS) is 12.1. The summed E-state index contributed by atoms with van der Waals surface area (Å²) in [5, 5.41) is 4.62. The molecule has 0 saturated carbocycles. The summed E-state index contributed by atoms with van der Waals surface area (Å²) in [4.78, 5) is 14.6. The number of pyridine rings is 3. The Morgan fingerprint density at radius 2 is 1.45 bits per heavy atom. The van der Waals surface area contributed by atoms with Gasteiger partial charge >= 0.3 is 0 Å². The van der Waals surface area contributed by atoms with Gasteiger partial charge in [0, 0.05) is 27.7 Å². The Bertz CT molecular complexity index is 1710. The van der Waals surface area contributed by atoms with Gasteiger partial charge in [-0.25, -0.2) is 9.97 Å². The third-order valence-corrected chi connectivity index (χ3v) is 5.78. The van der Waals surface area contributed by atoms with Crippen LogP contribution in [0.2, 0.25) is 0 Å². The van der Waals surface area contributed by atoms with Crippen LogP contribution in [0.3, 0.4) is 0 Å². The second-order valence-corrected chi connectivity index (χ2v) is 7.37. The molecule has 29 heavy (non-hydrogen) atoms. The molecule has 5 heterocycles. The summed E-state index contributed by atoms with van der Waals surface area (Å²) in [7, 11) is 0. The molecule has 0 aliphatic carbocycles. The highest BCUT2D eigenvalue weighted by Crippen LogP contribution is 2.37. The van der Waals surface area contributed by atoms with Crippen LogP contribution in [0.15, 0.2) is 85.1 Å². The molecule has 4 nitrogen and oxygen atoms in total. The van der Waals surface area contributed by atoms with Crippen molar-refractivity contribution in [2.24, 2.45) is 0 Å². The summed E-state index contributed by atoms with van der Waals surface area (Å²) >= 11 is 0. The first-order valence-corrected chi connectivity index (χ1v) is 9.65. The van der Waals surface area contributed by atoms with E-state index in [-0.39, 0.29) is 0 Å². The molecule has 0 N–H and O–H groups in total. The first kappa shape index (κ1) is 14.9. The maximum atomic E-state index is 5.04. The molecule has 7 rings (SSSR count). The smallest absolute Gasteiger partial charge is 0.138 e. The van der Waals surface area contributed by atoms with Crippen molar-refractivity contribution in [3.63, 3.8) is 0 Å². The van der Waals surface area contributed by atoms with Gasteiger partial charge in [-0.2, -0.15) is 0 Å². The van der Waals surface area contributed by atoms with E-state index in [1.54, 1.807) is 0 Å². The van der Waals surface area contributed by atoms with Gasteiger partial charge in [0.25, 0.3) is 0 Å². The SMILES string of the molecule is c1cnc2c(c1)ccc1ccc(-c3nc4cccc5c6ccccc6c3n45)nc12. The van der Waals surface area contributed by atoms with Gasteiger partial charge in [0.1, 0.15) is 11.3 Å². The predicted octanol–water partition coefficient (Wildman–Crippen LogP) is 5.84. The Hall–Kier alpha value is -4.05. The van der Waals surface area contributed by atoms with Gasteiger partial charge in [-0.15, -0.1) is 0 Å². The van der Waals surface area contributed by atoms with Gasteiger partial charge < -0.3 is 0 Å². The Morgan fingerprint density at radius 3 is 2.38 bits per heavy atom. The quantitative estimate of drug-likeness (QED) is 0.341. The van der Waals surface area contributed by atoms with E-state index in [9.17, 15) is 0 Å². The minimum absolute atomic E-state index is 0.872. The number of aromatic nitrogens is 4. The van der Waals surface area contributed by atoms with Crippen LogP contribution in [0.1, 0.15) is 0 Å². The molecule has 5 aromatic heterocycles. The highest BCUT2D eigenvalue weighted by Gasteiger charge is 2.19. The molecule has 0 fully saturated rings. The Kier molecular flexibility index (Phi) is 2.71. The van der Waals surface area contributed by atoms with Gasteiger partial charge in [0.05, 0.1) is 27.8 Å². The van der Waals surface area contributed by atoms with Crippen LogP contribution in [0.5, 0.6) is 0 Å². The number of nitrogens with zero attached hydrogens (tertiary/aromatic N) is 4. The summed E-state index contributed by atoms with van der Waals surface area (Å²) < 4.78 is 2.24. The summed E-state index contributed by atoms with van der Waals surface area (Å²) in [6.45, 7) is 0. The average Bonchev–Trinajstić information content (AvgIpc) is 3.34. The maximum absolute atomic E-state index is 5.04. The zero-order valence-electron chi connectivity index (χ0n) is 15.4. The minimum Gasteiger partial charge on any atom is -0.291 e. The lowest BCUT2D eigenvalue weighted by Gasteiger charge is -2.04. The molecule has 2 aromatic carbocycles. The van der Waals surface area contributed by atoms with Gasteiger partial charge in [-0.05, 0) is 24.3 Å². The van der Waals surface area contributed by atoms with E-state index in [0.29, 0.717) is 0 Å². The van der Waals surface area contributed by atoms with Crippen molar-refractivity contribution in [3.05, 3.63) is 85.1 Å². The van der Waals surface area contributed by atoms with E-state index in [0.717, 1.165) is 44.4 Å². The fraction of sp³-hybridized carbons (Fsp3) is 0. The lowest BCUT2D eigenvalue weighted by atomic mass is 10.1. The number of imidazole rings is 1. The molecular weight excluding hydrogens is 356 g/mol. The van der Waals surface area contributed by atoms with E-state index >= 15 is 0 Å².